The van der Waals surface area contributed by atoms with Gasteiger partial charge in [-0.15, -0.1) is 0 Å². The van der Waals surface area contributed by atoms with Crippen LogP contribution in [-0.2, 0) is 9.53 Å². The highest BCUT2D eigenvalue weighted by Crippen LogP contribution is 2.47. The number of piperidine rings is 1. The van der Waals surface area contributed by atoms with E-state index >= 15 is 0 Å². The van der Waals surface area contributed by atoms with Crippen molar-refractivity contribution in [1.82, 2.24) is 4.90 Å². The van der Waals surface area contributed by atoms with E-state index in [2.05, 4.69) is 0 Å². The molecule has 0 aromatic carbocycles. The second kappa shape index (κ2) is 5.02. The van der Waals surface area contributed by atoms with E-state index in [0.29, 0.717) is 12.5 Å². The molecule has 1 N–H and O–H groups in total. The Hall–Kier alpha value is -1.26. The van der Waals surface area contributed by atoms with Gasteiger partial charge in [0.1, 0.15) is 5.60 Å². The standard InChI is InChI=1S/C14H23NO4/c1-14(2,3)19-13(18)15-6-4-5-9(8-15)10-7-11(10)12(16)17/h9-11H,4-8H2,1-3H3,(H,16,17)/t9?,10-,11+/m0/s1. The van der Waals surface area contributed by atoms with Crippen molar-refractivity contribution in [2.24, 2.45) is 17.8 Å². The van der Waals surface area contributed by atoms with E-state index in [4.69, 9.17) is 9.84 Å². The Morgan fingerprint density at radius 3 is 2.53 bits per heavy atom. The average Bonchev–Trinajstić information content (AvgIpc) is 3.06. The average molecular weight is 269 g/mol. The first-order chi connectivity index (χ1) is 8.78. The first-order valence-corrected chi connectivity index (χ1v) is 6.98. The van der Waals surface area contributed by atoms with Gasteiger partial charge in [-0.2, -0.15) is 0 Å². The Bertz CT molecular complexity index is 374. The largest absolute Gasteiger partial charge is 0.481 e. The monoisotopic (exact) mass is 269 g/mol. The zero-order valence-corrected chi connectivity index (χ0v) is 11.9. The number of nitrogens with zero attached hydrogens (tertiary/aromatic N) is 1. The van der Waals surface area contributed by atoms with Gasteiger partial charge in [0.05, 0.1) is 5.92 Å². The normalized spacial score (nSPS) is 30.9. The van der Waals surface area contributed by atoms with Gasteiger partial charge in [0.15, 0.2) is 0 Å². The topological polar surface area (TPSA) is 66.8 Å². The molecule has 5 nitrogen and oxygen atoms in total. The lowest BCUT2D eigenvalue weighted by Crippen LogP contribution is -2.43. The number of aliphatic carboxylic acids is 1. The summed E-state index contributed by atoms with van der Waals surface area (Å²) in [6.45, 7) is 6.92. The van der Waals surface area contributed by atoms with Gasteiger partial charge in [0, 0.05) is 13.1 Å². The van der Waals surface area contributed by atoms with Crippen LogP contribution in [-0.4, -0.2) is 40.8 Å². The van der Waals surface area contributed by atoms with Crippen LogP contribution in [0.4, 0.5) is 4.79 Å². The minimum atomic E-state index is -0.695. The van der Waals surface area contributed by atoms with Crippen LogP contribution in [0, 0.1) is 17.8 Å². The number of ether oxygens (including phenoxy) is 1. The Kier molecular flexibility index (Phi) is 3.74. The van der Waals surface area contributed by atoms with Gasteiger partial charge in [0.25, 0.3) is 0 Å². The quantitative estimate of drug-likeness (QED) is 0.835. The van der Waals surface area contributed by atoms with Crippen molar-refractivity contribution in [2.45, 2.75) is 45.6 Å². The summed E-state index contributed by atoms with van der Waals surface area (Å²) in [7, 11) is 0. The maximum absolute atomic E-state index is 12.0. The van der Waals surface area contributed by atoms with E-state index in [0.717, 1.165) is 25.8 Å². The molecule has 108 valence electrons. The van der Waals surface area contributed by atoms with Crippen LogP contribution in [0.25, 0.3) is 0 Å². The van der Waals surface area contributed by atoms with Crippen LogP contribution in [0.1, 0.15) is 40.0 Å². The van der Waals surface area contributed by atoms with Gasteiger partial charge < -0.3 is 14.7 Å². The van der Waals surface area contributed by atoms with E-state index in [-0.39, 0.29) is 17.9 Å². The zero-order chi connectivity index (χ0) is 14.2. The van der Waals surface area contributed by atoms with Crippen LogP contribution in [0.2, 0.25) is 0 Å². The third-order valence-electron chi connectivity index (χ3n) is 3.87. The van der Waals surface area contributed by atoms with E-state index in [9.17, 15) is 9.59 Å². The molecule has 1 aliphatic carbocycles. The maximum atomic E-state index is 12.0. The number of hydrogen-bond donors (Lipinski definition) is 1. The van der Waals surface area contributed by atoms with Crippen molar-refractivity contribution in [2.75, 3.05) is 13.1 Å². The minimum absolute atomic E-state index is 0.191. The van der Waals surface area contributed by atoms with Gasteiger partial charge in [-0.25, -0.2) is 4.79 Å². The summed E-state index contributed by atoms with van der Waals surface area (Å²) < 4.78 is 5.37. The first kappa shape index (κ1) is 14.2. The van der Waals surface area contributed by atoms with E-state index in [1.54, 1.807) is 4.90 Å². The lowest BCUT2D eigenvalue weighted by molar-refractivity contribution is -0.139. The fourth-order valence-corrected chi connectivity index (χ4v) is 2.87. The molecule has 0 radical (unpaired) electrons. The highest BCUT2D eigenvalue weighted by Gasteiger charge is 2.49. The van der Waals surface area contributed by atoms with Crippen molar-refractivity contribution < 1.29 is 19.4 Å². The molecule has 0 aromatic heterocycles. The Labute approximate surface area is 113 Å². The number of carboxylic acid groups (broad SMARTS) is 1. The molecule has 5 heteroatoms. The Morgan fingerprint density at radius 1 is 1.32 bits per heavy atom. The lowest BCUT2D eigenvalue weighted by Gasteiger charge is -2.34. The molecule has 2 fully saturated rings. The summed E-state index contributed by atoms with van der Waals surface area (Å²) in [6, 6.07) is 0. The van der Waals surface area contributed by atoms with E-state index in [1.807, 2.05) is 20.8 Å². The molecule has 0 spiro atoms. The molecule has 2 rings (SSSR count). The molecule has 2 aliphatic rings. The Morgan fingerprint density at radius 2 is 2.00 bits per heavy atom. The molecule has 1 saturated heterocycles. The van der Waals surface area contributed by atoms with Gasteiger partial charge in [-0.3, -0.25) is 4.79 Å². The number of amides is 1. The SMILES string of the molecule is CC(C)(C)OC(=O)N1CCCC([C@@H]2C[C@H]2C(=O)O)C1. The third-order valence-corrected chi connectivity index (χ3v) is 3.87. The molecular formula is C14H23NO4. The molecule has 1 unspecified atom stereocenters. The van der Waals surface area contributed by atoms with Crippen molar-refractivity contribution in [3.05, 3.63) is 0 Å². The minimum Gasteiger partial charge on any atom is -0.481 e. The molecule has 1 amide bonds. The highest BCUT2D eigenvalue weighted by molar-refractivity contribution is 5.73. The van der Waals surface area contributed by atoms with Gasteiger partial charge in [-0.1, -0.05) is 0 Å². The fraction of sp³-hybridized carbons (Fsp3) is 0.857. The van der Waals surface area contributed by atoms with Crippen LogP contribution in [0.5, 0.6) is 0 Å². The third kappa shape index (κ3) is 3.61. The fourth-order valence-electron chi connectivity index (χ4n) is 2.87. The van der Waals surface area contributed by atoms with E-state index in [1.165, 1.54) is 0 Å². The van der Waals surface area contributed by atoms with Crippen LogP contribution in [0.15, 0.2) is 0 Å². The summed E-state index contributed by atoms with van der Waals surface area (Å²) in [5, 5.41) is 8.98. The molecular weight excluding hydrogens is 246 g/mol. The van der Waals surface area contributed by atoms with Crippen molar-refractivity contribution >= 4 is 12.1 Å². The summed E-state index contributed by atoms with van der Waals surface area (Å²) in [5.41, 5.74) is -0.479. The molecule has 0 bridgehead atoms. The van der Waals surface area contributed by atoms with E-state index < -0.39 is 11.6 Å². The smallest absolute Gasteiger partial charge is 0.410 e. The predicted octanol–water partition coefficient (Wildman–Crippen LogP) is 2.35. The number of hydrogen-bond acceptors (Lipinski definition) is 3. The van der Waals surface area contributed by atoms with Crippen LogP contribution in [0.3, 0.4) is 0 Å². The number of carbonyl (C=O) groups is 2. The van der Waals surface area contributed by atoms with Crippen LogP contribution < -0.4 is 0 Å². The van der Waals surface area contributed by atoms with Crippen LogP contribution >= 0.6 is 0 Å². The summed E-state index contributed by atoms with van der Waals surface area (Å²) >= 11 is 0. The number of likely N-dealkylation sites (tertiary alicyclic amines) is 1. The second-order valence-electron chi connectivity index (χ2n) is 6.67. The highest BCUT2D eigenvalue weighted by atomic mass is 16.6. The van der Waals surface area contributed by atoms with Crippen molar-refractivity contribution in [3.8, 4) is 0 Å². The molecule has 1 aliphatic heterocycles. The molecule has 1 heterocycles. The molecule has 1 saturated carbocycles. The second-order valence-corrected chi connectivity index (χ2v) is 6.67. The molecule has 19 heavy (non-hydrogen) atoms. The van der Waals surface area contributed by atoms with Crippen molar-refractivity contribution in [1.29, 1.82) is 0 Å². The summed E-state index contributed by atoms with van der Waals surface area (Å²) in [4.78, 5) is 24.7. The first-order valence-electron chi connectivity index (χ1n) is 6.98. The van der Waals surface area contributed by atoms with Crippen molar-refractivity contribution in [3.63, 3.8) is 0 Å². The van der Waals surface area contributed by atoms with Gasteiger partial charge in [0.2, 0.25) is 0 Å². The number of carbonyl (C=O) groups excluding carboxylic acids is 1. The molecule has 0 aromatic rings. The molecule has 3 atom stereocenters. The summed E-state index contributed by atoms with van der Waals surface area (Å²) in [5.74, 6) is -0.312. The zero-order valence-electron chi connectivity index (χ0n) is 11.9. The maximum Gasteiger partial charge on any atom is 0.410 e. The number of carboxylic acids is 1. The Balaban J connectivity index is 1.88. The summed E-state index contributed by atoms with van der Waals surface area (Å²) in [6.07, 6.45) is 2.45. The number of rotatable bonds is 2. The predicted molar refractivity (Wildman–Crippen MR) is 69.8 cm³/mol. The van der Waals surface area contributed by atoms with Gasteiger partial charge in [-0.05, 0) is 51.9 Å². The lowest BCUT2D eigenvalue weighted by atomic mass is 9.92. The van der Waals surface area contributed by atoms with Gasteiger partial charge >= 0.3 is 12.1 Å².